The monoisotopic (exact) mass is 221 g/mol. The largest absolute Gasteiger partial charge is 0.478 e. The van der Waals surface area contributed by atoms with Crippen molar-refractivity contribution >= 4 is 23.7 Å². The average Bonchev–Trinajstić information content (AvgIpc) is 2.26. The van der Waals surface area contributed by atoms with E-state index < -0.39 is 11.9 Å². The van der Waals surface area contributed by atoms with Crippen LogP contribution in [0.2, 0.25) is 0 Å². The summed E-state index contributed by atoms with van der Waals surface area (Å²) in [7, 11) is 1.25. The Balaban J connectivity index is 3.13. The highest BCUT2D eigenvalue weighted by Gasteiger charge is 2.11. The van der Waals surface area contributed by atoms with Gasteiger partial charge in [-0.15, -0.1) is 0 Å². The second-order valence-corrected chi connectivity index (χ2v) is 2.97. The number of carboxylic acid groups (broad SMARTS) is 1. The fourth-order valence-electron chi connectivity index (χ4n) is 1.18. The van der Waals surface area contributed by atoms with E-state index in [1.807, 2.05) is 0 Å². The standard InChI is InChI=1S/C11H11NO4/c1-16-11(15)8-4-2-3-7(10(8)12)5-6-9(13)14/h2-6H,12H2,1H3,(H,13,14). The Morgan fingerprint density at radius 2 is 2.12 bits per heavy atom. The molecule has 84 valence electrons. The van der Waals surface area contributed by atoms with Gasteiger partial charge in [0.05, 0.1) is 18.4 Å². The number of ether oxygens (including phenoxy) is 1. The first-order chi connectivity index (χ1) is 7.56. The molecule has 0 atom stereocenters. The molecule has 0 aromatic heterocycles. The van der Waals surface area contributed by atoms with E-state index in [1.54, 1.807) is 12.1 Å². The quantitative estimate of drug-likeness (QED) is 0.454. The van der Waals surface area contributed by atoms with Crippen LogP contribution in [-0.4, -0.2) is 24.2 Å². The van der Waals surface area contributed by atoms with Gasteiger partial charge in [-0.1, -0.05) is 12.1 Å². The number of rotatable bonds is 3. The first kappa shape index (κ1) is 11.8. The third kappa shape index (κ3) is 2.60. The van der Waals surface area contributed by atoms with Crippen LogP contribution >= 0.6 is 0 Å². The van der Waals surface area contributed by atoms with Crippen LogP contribution in [0.5, 0.6) is 0 Å². The molecular weight excluding hydrogens is 210 g/mol. The number of anilines is 1. The number of methoxy groups -OCH3 is 1. The SMILES string of the molecule is COC(=O)c1cccc(C=CC(=O)O)c1N. The number of esters is 1. The zero-order valence-corrected chi connectivity index (χ0v) is 8.64. The van der Waals surface area contributed by atoms with Gasteiger partial charge >= 0.3 is 11.9 Å². The maximum absolute atomic E-state index is 11.3. The molecule has 5 heteroatoms. The van der Waals surface area contributed by atoms with Gasteiger partial charge < -0.3 is 15.6 Å². The van der Waals surface area contributed by atoms with Crippen LogP contribution in [-0.2, 0) is 9.53 Å². The summed E-state index contributed by atoms with van der Waals surface area (Å²) in [6.07, 6.45) is 2.27. The number of carbonyl (C=O) groups is 2. The first-order valence-corrected chi connectivity index (χ1v) is 4.44. The topological polar surface area (TPSA) is 89.6 Å². The van der Waals surface area contributed by atoms with Crippen molar-refractivity contribution in [1.29, 1.82) is 0 Å². The second kappa shape index (κ2) is 4.97. The molecule has 0 aliphatic rings. The maximum atomic E-state index is 11.3. The maximum Gasteiger partial charge on any atom is 0.339 e. The highest BCUT2D eigenvalue weighted by Crippen LogP contribution is 2.19. The number of nitrogen functional groups attached to an aromatic ring is 1. The zero-order chi connectivity index (χ0) is 12.1. The third-order valence-corrected chi connectivity index (χ3v) is 1.95. The summed E-state index contributed by atoms with van der Waals surface area (Å²) in [5, 5.41) is 8.47. The van der Waals surface area contributed by atoms with E-state index in [9.17, 15) is 9.59 Å². The van der Waals surface area contributed by atoms with Gasteiger partial charge in [-0.2, -0.15) is 0 Å². The van der Waals surface area contributed by atoms with Crippen molar-refractivity contribution in [3.05, 3.63) is 35.4 Å². The Kier molecular flexibility index (Phi) is 3.66. The number of hydrogen-bond acceptors (Lipinski definition) is 4. The normalized spacial score (nSPS) is 10.3. The molecule has 0 spiro atoms. The molecule has 0 heterocycles. The summed E-state index contributed by atoms with van der Waals surface area (Å²) < 4.78 is 4.54. The molecule has 1 aromatic carbocycles. The minimum Gasteiger partial charge on any atom is -0.478 e. The molecule has 0 saturated heterocycles. The minimum absolute atomic E-state index is 0.201. The number of nitrogens with two attached hydrogens (primary N) is 1. The van der Waals surface area contributed by atoms with E-state index in [-0.39, 0.29) is 11.3 Å². The molecule has 5 nitrogen and oxygen atoms in total. The number of benzene rings is 1. The lowest BCUT2D eigenvalue weighted by Crippen LogP contribution is -2.06. The predicted molar refractivity (Wildman–Crippen MR) is 58.9 cm³/mol. The summed E-state index contributed by atoms with van der Waals surface area (Å²) in [5.41, 5.74) is 6.58. The van der Waals surface area contributed by atoms with Crippen molar-refractivity contribution in [2.45, 2.75) is 0 Å². The molecule has 16 heavy (non-hydrogen) atoms. The van der Waals surface area contributed by atoms with Gasteiger partial charge in [-0.25, -0.2) is 9.59 Å². The van der Waals surface area contributed by atoms with Crippen LogP contribution in [0.4, 0.5) is 5.69 Å². The molecule has 0 saturated carbocycles. The fraction of sp³-hybridized carbons (Fsp3) is 0.0909. The Hall–Kier alpha value is -2.30. The van der Waals surface area contributed by atoms with Crippen molar-refractivity contribution in [1.82, 2.24) is 0 Å². The first-order valence-electron chi connectivity index (χ1n) is 4.44. The molecule has 0 bridgehead atoms. The minimum atomic E-state index is -1.08. The summed E-state index contributed by atoms with van der Waals surface area (Å²) in [6.45, 7) is 0. The Morgan fingerprint density at radius 3 is 2.69 bits per heavy atom. The molecule has 0 fully saturated rings. The molecule has 0 unspecified atom stereocenters. The molecule has 0 aliphatic heterocycles. The highest BCUT2D eigenvalue weighted by molar-refractivity contribution is 5.97. The molecule has 1 aromatic rings. The van der Waals surface area contributed by atoms with Gasteiger partial charge in [0.25, 0.3) is 0 Å². The van der Waals surface area contributed by atoms with Crippen molar-refractivity contribution in [2.75, 3.05) is 12.8 Å². The van der Waals surface area contributed by atoms with Gasteiger partial charge in [-0.3, -0.25) is 0 Å². The van der Waals surface area contributed by atoms with Crippen LogP contribution < -0.4 is 5.73 Å². The van der Waals surface area contributed by atoms with E-state index in [4.69, 9.17) is 10.8 Å². The number of para-hydroxylation sites is 1. The number of carbonyl (C=O) groups excluding carboxylic acids is 1. The molecule has 0 amide bonds. The van der Waals surface area contributed by atoms with Crippen molar-refractivity contribution in [3.8, 4) is 0 Å². The summed E-state index contributed by atoms with van der Waals surface area (Å²) >= 11 is 0. The number of aliphatic carboxylic acids is 1. The van der Waals surface area contributed by atoms with Gasteiger partial charge in [0, 0.05) is 6.08 Å². The van der Waals surface area contributed by atoms with Crippen molar-refractivity contribution in [2.24, 2.45) is 0 Å². The van der Waals surface area contributed by atoms with E-state index in [1.165, 1.54) is 19.3 Å². The van der Waals surface area contributed by atoms with E-state index in [0.717, 1.165) is 6.08 Å². The summed E-state index contributed by atoms with van der Waals surface area (Å²) in [6, 6.07) is 4.73. The molecule has 0 aliphatic carbocycles. The second-order valence-electron chi connectivity index (χ2n) is 2.97. The van der Waals surface area contributed by atoms with Crippen LogP contribution in [0.15, 0.2) is 24.3 Å². The van der Waals surface area contributed by atoms with Crippen LogP contribution in [0, 0.1) is 0 Å². The number of hydrogen-bond donors (Lipinski definition) is 2. The van der Waals surface area contributed by atoms with E-state index in [0.29, 0.717) is 5.56 Å². The highest BCUT2D eigenvalue weighted by atomic mass is 16.5. The average molecular weight is 221 g/mol. The Labute approximate surface area is 92.1 Å². The van der Waals surface area contributed by atoms with E-state index in [2.05, 4.69) is 4.74 Å². The molecular formula is C11H11NO4. The third-order valence-electron chi connectivity index (χ3n) is 1.95. The van der Waals surface area contributed by atoms with Crippen molar-refractivity contribution < 1.29 is 19.4 Å². The Bertz CT molecular complexity index is 451. The number of carboxylic acids is 1. The van der Waals surface area contributed by atoms with Gasteiger partial charge in [0.1, 0.15) is 0 Å². The smallest absolute Gasteiger partial charge is 0.339 e. The van der Waals surface area contributed by atoms with Gasteiger partial charge in [0.2, 0.25) is 0 Å². The van der Waals surface area contributed by atoms with Crippen LogP contribution in [0.1, 0.15) is 15.9 Å². The lowest BCUT2D eigenvalue weighted by molar-refractivity contribution is -0.131. The summed E-state index contributed by atoms with van der Waals surface area (Å²) in [4.78, 5) is 21.6. The fourth-order valence-corrected chi connectivity index (χ4v) is 1.18. The van der Waals surface area contributed by atoms with Gasteiger partial charge in [-0.05, 0) is 17.7 Å². The predicted octanol–water partition coefficient (Wildman–Crippen LogP) is 1.15. The van der Waals surface area contributed by atoms with Crippen LogP contribution in [0.3, 0.4) is 0 Å². The lowest BCUT2D eigenvalue weighted by Gasteiger charge is -2.05. The molecule has 3 N–H and O–H groups in total. The zero-order valence-electron chi connectivity index (χ0n) is 8.64. The Morgan fingerprint density at radius 1 is 1.44 bits per heavy atom. The lowest BCUT2D eigenvalue weighted by atomic mass is 10.1. The summed E-state index contributed by atoms with van der Waals surface area (Å²) in [5.74, 6) is -1.63. The van der Waals surface area contributed by atoms with Gasteiger partial charge in [0.15, 0.2) is 0 Å². The van der Waals surface area contributed by atoms with Crippen LogP contribution in [0.25, 0.3) is 6.08 Å². The molecule has 1 rings (SSSR count). The van der Waals surface area contributed by atoms with E-state index >= 15 is 0 Å². The molecule has 0 radical (unpaired) electrons. The van der Waals surface area contributed by atoms with Crippen molar-refractivity contribution in [3.63, 3.8) is 0 Å².